The minimum atomic E-state index is -0.112. The molecule has 7 nitrogen and oxygen atoms in total. The Morgan fingerprint density at radius 3 is 2.97 bits per heavy atom. The molecule has 1 aliphatic carbocycles. The minimum Gasteiger partial charge on any atom is -0.368 e. The van der Waals surface area contributed by atoms with Crippen molar-refractivity contribution in [1.82, 2.24) is 20.6 Å². The number of nitrogens with one attached hydrogen (secondary N) is 2. The summed E-state index contributed by atoms with van der Waals surface area (Å²) >= 11 is 0. The van der Waals surface area contributed by atoms with Gasteiger partial charge >= 0.3 is 6.03 Å². The van der Waals surface area contributed by atoms with Gasteiger partial charge < -0.3 is 10.2 Å². The summed E-state index contributed by atoms with van der Waals surface area (Å²) in [5, 5.41) is 6.42. The van der Waals surface area contributed by atoms with Crippen LogP contribution in [-0.2, 0) is 0 Å². The number of hydrogen-bond acceptors (Lipinski definition) is 5. The lowest BCUT2D eigenvalue weighted by Crippen LogP contribution is -2.51. The Labute approximate surface area is 181 Å². The zero-order valence-corrected chi connectivity index (χ0v) is 17.6. The number of fused-ring (bicyclic) bond motifs is 4. The van der Waals surface area contributed by atoms with Gasteiger partial charge in [-0.3, -0.25) is 15.2 Å². The minimum absolute atomic E-state index is 0.112. The number of amides is 2. The monoisotopic (exact) mass is 414 g/mol. The van der Waals surface area contributed by atoms with E-state index >= 15 is 0 Å². The summed E-state index contributed by atoms with van der Waals surface area (Å²) in [7, 11) is 0. The standard InChI is InChI=1S/C24H26N6O/c1-15-12-18(7-9-25-15)20-4-5-21-23(27-20)30(19-8-11-29(21)14-19)24(31)28-22-13-17(6-10-26-22)16-2-3-16/h4-7,9,12-13,16,19,26H,2-3,8,10-11,14H2,1H3,(H,28,31). The Hall–Kier alpha value is -3.35. The number of allylic oxidation sites excluding steroid dienone is 2. The molecule has 4 aliphatic rings. The molecule has 6 rings (SSSR count). The average molecular weight is 415 g/mol. The molecular formula is C24H26N6O. The number of carbonyl (C=O) groups is 1. The average Bonchev–Trinajstić information content (AvgIpc) is 3.55. The fourth-order valence-electron chi connectivity index (χ4n) is 4.85. The van der Waals surface area contributed by atoms with Gasteiger partial charge in [0.1, 0.15) is 5.82 Å². The Kier molecular flexibility index (Phi) is 4.23. The maximum Gasteiger partial charge on any atom is 0.328 e. The van der Waals surface area contributed by atoms with E-state index in [0.29, 0.717) is 5.92 Å². The lowest BCUT2D eigenvalue weighted by Gasteiger charge is -2.36. The molecule has 0 aromatic carbocycles. The lowest BCUT2D eigenvalue weighted by atomic mass is 10.1. The molecule has 3 aliphatic heterocycles. The van der Waals surface area contributed by atoms with Crippen LogP contribution < -0.4 is 20.4 Å². The van der Waals surface area contributed by atoms with Gasteiger partial charge in [-0.2, -0.15) is 0 Å². The van der Waals surface area contributed by atoms with Crippen molar-refractivity contribution in [1.29, 1.82) is 0 Å². The van der Waals surface area contributed by atoms with Crippen molar-refractivity contribution in [3.8, 4) is 11.3 Å². The van der Waals surface area contributed by atoms with E-state index in [0.717, 1.165) is 60.3 Å². The third-order valence-electron chi connectivity index (χ3n) is 6.59. The highest BCUT2D eigenvalue weighted by atomic mass is 16.2. The summed E-state index contributed by atoms with van der Waals surface area (Å²) in [6.07, 6.45) is 9.57. The van der Waals surface area contributed by atoms with E-state index in [-0.39, 0.29) is 12.1 Å². The van der Waals surface area contributed by atoms with Gasteiger partial charge in [-0.1, -0.05) is 6.08 Å². The van der Waals surface area contributed by atoms with Gasteiger partial charge in [-0.25, -0.2) is 9.78 Å². The highest BCUT2D eigenvalue weighted by Gasteiger charge is 2.40. The summed E-state index contributed by atoms with van der Waals surface area (Å²) in [5.74, 6) is 2.20. The van der Waals surface area contributed by atoms with Crippen LogP contribution in [0.2, 0.25) is 0 Å². The van der Waals surface area contributed by atoms with E-state index in [9.17, 15) is 4.79 Å². The topological polar surface area (TPSA) is 73.4 Å². The normalized spacial score (nSPS) is 21.8. The van der Waals surface area contributed by atoms with Gasteiger partial charge in [0.2, 0.25) is 0 Å². The van der Waals surface area contributed by atoms with Gasteiger partial charge in [0.05, 0.1) is 17.4 Å². The Bertz CT molecular complexity index is 1120. The first-order valence-electron chi connectivity index (χ1n) is 11.1. The number of carbonyl (C=O) groups excluding carboxylic acids is 1. The number of aryl methyl sites for hydroxylation is 1. The van der Waals surface area contributed by atoms with Crippen LogP contribution in [0.5, 0.6) is 0 Å². The van der Waals surface area contributed by atoms with Crippen molar-refractivity contribution >= 4 is 17.5 Å². The van der Waals surface area contributed by atoms with Crippen LogP contribution in [0.3, 0.4) is 0 Å². The first kappa shape index (κ1) is 18.4. The van der Waals surface area contributed by atoms with E-state index < -0.39 is 0 Å². The number of aromatic nitrogens is 2. The Morgan fingerprint density at radius 1 is 1.23 bits per heavy atom. The third-order valence-corrected chi connectivity index (χ3v) is 6.59. The van der Waals surface area contributed by atoms with Crippen molar-refractivity contribution in [2.24, 2.45) is 5.92 Å². The van der Waals surface area contributed by atoms with Crippen molar-refractivity contribution in [2.75, 3.05) is 29.4 Å². The zero-order chi connectivity index (χ0) is 20.9. The van der Waals surface area contributed by atoms with Gasteiger partial charge in [0.15, 0.2) is 5.82 Å². The van der Waals surface area contributed by atoms with Crippen LogP contribution >= 0.6 is 0 Å². The quantitative estimate of drug-likeness (QED) is 0.806. The van der Waals surface area contributed by atoms with Crippen molar-refractivity contribution < 1.29 is 4.79 Å². The summed E-state index contributed by atoms with van der Waals surface area (Å²) in [5.41, 5.74) is 5.19. The van der Waals surface area contributed by atoms with E-state index in [4.69, 9.17) is 4.98 Å². The summed E-state index contributed by atoms with van der Waals surface area (Å²) in [6, 6.07) is 8.16. The molecule has 5 heterocycles. The van der Waals surface area contributed by atoms with Crippen molar-refractivity contribution in [3.63, 3.8) is 0 Å². The molecule has 1 unspecified atom stereocenters. The summed E-state index contributed by atoms with van der Waals surface area (Å²) < 4.78 is 0. The van der Waals surface area contributed by atoms with Crippen LogP contribution in [0.1, 0.15) is 25.0 Å². The van der Waals surface area contributed by atoms with Gasteiger partial charge in [0.25, 0.3) is 0 Å². The van der Waals surface area contributed by atoms with E-state index in [1.165, 1.54) is 18.4 Å². The molecule has 7 heteroatoms. The van der Waals surface area contributed by atoms with E-state index in [1.807, 2.05) is 30.0 Å². The molecule has 1 atom stereocenters. The smallest absolute Gasteiger partial charge is 0.328 e. The SMILES string of the molecule is Cc1cc(-c2ccc3c(n2)N(C(=O)NC2=CC(C4CC4)=CCN2)C2CCN3C2)ccn1. The number of rotatable bonds is 3. The van der Waals surface area contributed by atoms with Crippen LogP contribution in [-0.4, -0.2) is 41.7 Å². The largest absolute Gasteiger partial charge is 0.368 e. The molecule has 2 aromatic heterocycles. The molecule has 158 valence electrons. The second-order valence-corrected chi connectivity index (χ2v) is 8.83. The molecule has 31 heavy (non-hydrogen) atoms. The van der Waals surface area contributed by atoms with Crippen LogP contribution in [0.4, 0.5) is 16.3 Å². The number of nitrogens with zero attached hydrogens (tertiary/aromatic N) is 4. The summed E-state index contributed by atoms with van der Waals surface area (Å²) in [4.78, 5) is 26.9. The van der Waals surface area contributed by atoms with Crippen LogP contribution in [0.25, 0.3) is 11.3 Å². The summed E-state index contributed by atoms with van der Waals surface area (Å²) in [6.45, 7) is 4.54. The first-order valence-corrected chi connectivity index (χ1v) is 11.1. The molecular weight excluding hydrogens is 388 g/mol. The fraction of sp³-hybridized carbons (Fsp3) is 0.375. The van der Waals surface area contributed by atoms with Gasteiger partial charge in [-0.05, 0) is 68.0 Å². The number of pyridine rings is 2. The fourth-order valence-corrected chi connectivity index (χ4v) is 4.85. The number of hydrogen-bond donors (Lipinski definition) is 2. The number of urea groups is 1. The van der Waals surface area contributed by atoms with Crippen molar-refractivity contribution in [3.05, 3.63) is 59.7 Å². The highest BCUT2D eigenvalue weighted by molar-refractivity contribution is 5.98. The third kappa shape index (κ3) is 3.34. The van der Waals surface area contributed by atoms with Crippen LogP contribution in [0, 0.1) is 12.8 Å². The molecule has 1 saturated heterocycles. The second-order valence-electron chi connectivity index (χ2n) is 8.83. The molecule has 1 saturated carbocycles. The highest BCUT2D eigenvalue weighted by Crippen LogP contribution is 2.40. The molecule has 2 bridgehead atoms. The molecule has 0 radical (unpaired) electrons. The molecule has 0 spiro atoms. The van der Waals surface area contributed by atoms with Gasteiger partial charge in [-0.15, -0.1) is 0 Å². The second kappa shape index (κ2) is 7.11. The Balaban J connectivity index is 1.33. The first-order chi connectivity index (χ1) is 15.2. The van der Waals surface area contributed by atoms with Gasteiger partial charge in [0, 0.05) is 37.1 Å². The lowest BCUT2D eigenvalue weighted by molar-refractivity contribution is 0.245. The molecule has 2 N–H and O–H groups in total. The van der Waals surface area contributed by atoms with Crippen molar-refractivity contribution in [2.45, 2.75) is 32.2 Å². The molecule has 2 amide bonds. The number of anilines is 2. The molecule has 2 aromatic rings. The van der Waals surface area contributed by atoms with E-state index in [1.54, 1.807) is 6.20 Å². The van der Waals surface area contributed by atoms with E-state index in [2.05, 4.69) is 38.7 Å². The maximum absolute atomic E-state index is 13.5. The van der Waals surface area contributed by atoms with Crippen LogP contribution in [0.15, 0.2) is 54.0 Å². The predicted octanol–water partition coefficient (Wildman–Crippen LogP) is 3.34. The molecule has 2 fully saturated rings. The maximum atomic E-state index is 13.5. The zero-order valence-electron chi connectivity index (χ0n) is 17.6. The Morgan fingerprint density at radius 2 is 2.13 bits per heavy atom. The number of dihydropyridines is 1. The predicted molar refractivity (Wildman–Crippen MR) is 121 cm³/mol.